The Morgan fingerprint density at radius 1 is 1.21 bits per heavy atom. The molecule has 0 saturated carbocycles. The maximum Gasteiger partial charge on any atom is 0.248 e. The molecular formula is C14H21BrN4O3S2. The zero-order valence-electron chi connectivity index (χ0n) is 14.1. The first kappa shape index (κ1) is 19.4. The van der Waals surface area contributed by atoms with Crippen molar-refractivity contribution in [1.82, 2.24) is 19.7 Å². The first-order chi connectivity index (χ1) is 11.1. The molecule has 0 aliphatic carbocycles. The van der Waals surface area contributed by atoms with Gasteiger partial charge in [-0.1, -0.05) is 0 Å². The fourth-order valence-corrected chi connectivity index (χ4v) is 3.34. The lowest BCUT2D eigenvalue weighted by molar-refractivity contribution is 0.0738. The number of rotatable bonds is 7. The number of ether oxygens (including phenoxy) is 1. The average molecular weight is 437 g/mol. The zero-order chi connectivity index (χ0) is 18.0. The number of hydrogen-bond donors (Lipinski definition) is 0. The van der Waals surface area contributed by atoms with Gasteiger partial charge in [0.05, 0.1) is 6.61 Å². The summed E-state index contributed by atoms with van der Waals surface area (Å²) in [5, 5.41) is 4.12. The highest BCUT2D eigenvalue weighted by molar-refractivity contribution is 9.10. The summed E-state index contributed by atoms with van der Waals surface area (Å²) in [6, 6.07) is 3.52. The minimum atomic E-state index is -3.52. The molecule has 0 spiro atoms. The fourth-order valence-electron chi connectivity index (χ4n) is 1.76. The van der Waals surface area contributed by atoms with Crippen LogP contribution in [0, 0.1) is 0 Å². The first-order valence-electron chi connectivity index (χ1n) is 7.07. The van der Waals surface area contributed by atoms with Crippen molar-refractivity contribution in [1.29, 1.82) is 0 Å². The summed E-state index contributed by atoms with van der Waals surface area (Å²) < 4.78 is 31.6. The third kappa shape index (κ3) is 5.54. The molecule has 0 bridgehead atoms. The van der Waals surface area contributed by atoms with Gasteiger partial charge in [-0.2, -0.15) is 4.98 Å². The molecule has 0 aromatic carbocycles. The van der Waals surface area contributed by atoms with E-state index in [1.807, 2.05) is 0 Å². The monoisotopic (exact) mass is 436 g/mol. The summed E-state index contributed by atoms with van der Waals surface area (Å²) >= 11 is 3.31. The van der Waals surface area contributed by atoms with Crippen molar-refractivity contribution < 1.29 is 13.2 Å². The maximum absolute atomic E-state index is 11.9. The van der Waals surface area contributed by atoms with Crippen molar-refractivity contribution in [2.75, 3.05) is 37.4 Å². The molecule has 0 amide bonds. The van der Waals surface area contributed by atoms with E-state index in [2.05, 4.69) is 49.8 Å². The number of pyridine rings is 1. The van der Waals surface area contributed by atoms with Crippen LogP contribution in [0.5, 0.6) is 0 Å². The summed E-state index contributed by atoms with van der Waals surface area (Å²) in [6.45, 7) is 0.592. The molecule has 0 aliphatic rings. The quantitative estimate of drug-likeness (QED) is 0.617. The van der Waals surface area contributed by atoms with Gasteiger partial charge in [0.2, 0.25) is 20.8 Å². The number of aromatic nitrogens is 4. The van der Waals surface area contributed by atoms with Gasteiger partial charge in [0.15, 0.2) is 0 Å². The van der Waals surface area contributed by atoms with Crippen LogP contribution in [0.25, 0.3) is 11.5 Å². The normalized spacial score (nSPS) is 13.2. The lowest BCUT2D eigenvalue weighted by atomic mass is 10.3. The molecule has 2 rings (SSSR count). The average Bonchev–Trinajstić information content (AvgIpc) is 2.88. The number of hydrogen-bond acceptors (Lipinski definition) is 6. The Morgan fingerprint density at radius 3 is 2.46 bits per heavy atom. The van der Waals surface area contributed by atoms with Crippen LogP contribution >= 0.6 is 26.0 Å². The Bertz CT molecular complexity index is 798. The lowest BCUT2D eigenvalue weighted by Gasteiger charge is -2.24. The van der Waals surface area contributed by atoms with Gasteiger partial charge in [-0.25, -0.2) is 23.1 Å². The summed E-state index contributed by atoms with van der Waals surface area (Å²) in [5.74, 6) is 1.20. The second-order valence-corrected chi connectivity index (χ2v) is 13.6. The third-order valence-electron chi connectivity index (χ3n) is 2.98. The lowest BCUT2D eigenvalue weighted by Crippen LogP contribution is -2.15. The van der Waals surface area contributed by atoms with Gasteiger partial charge in [0, 0.05) is 22.7 Å². The molecule has 24 heavy (non-hydrogen) atoms. The van der Waals surface area contributed by atoms with Crippen LogP contribution in [0.1, 0.15) is 0 Å². The van der Waals surface area contributed by atoms with Crippen LogP contribution in [0.4, 0.5) is 0 Å². The highest BCUT2D eigenvalue weighted by Crippen LogP contribution is 2.33. The first-order valence-corrected chi connectivity index (χ1v) is 12.8. The second-order valence-electron chi connectivity index (χ2n) is 6.18. The Morgan fingerprint density at radius 2 is 1.92 bits per heavy atom. The van der Waals surface area contributed by atoms with Crippen LogP contribution in [-0.2, 0) is 21.3 Å². The van der Waals surface area contributed by atoms with E-state index in [0.29, 0.717) is 12.3 Å². The molecule has 0 N–H and O–H groups in total. The number of nitrogens with zero attached hydrogens (tertiary/aromatic N) is 4. The molecule has 0 aliphatic heterocycles. The topological polar surface area (TPSA) is 87.0 Å². The zero-order valence-corrected chi connectivity index (χ0v) is 17.3. The SMILES string of the molecule is CS(C)(C)CCOCn1nc(-c2ccc(Br)cn2)nc1S(C)(=O)=O. The molecule has 2 aromatic heterocycles. The fraction of sp³-hybridized carbons (Fsp3) is 0.500. The Hall–Kier alpha value is -0.970. The van der Waals surface area contributed by atoms with Gasteiger partial charge in [-0.15, -0.1) is 5.10 Å². The molecule has 0 radical (unpaired) electrons. The third-order valence-corrected chi connectivity index (χ3v) is 5.81. The molecular weight excluding hydrogens is 416 g/mol. The highest BCUT2D eigenvalue weighted by Gasteiger charge is 2.21. The van der Waals surface area contributed by atoms with Crippen molar-refractivity contribution in [3.05, 3.63) is 22.8 Å². The Kier molecular flexibility index (Phi) is 6.05. The van der Waals surface area contributed by atoms with Crippen LogP contribution in [-0.4, -0.2) is 65.5 Å². The van der Waals surface area contributed by atoms with E-state index in [1.54, 1.807) is 18.3 Å². The maximum atomic E-state index is 11.9. The van der Waals surface area contributed by atoms with Crippen molar-refractivity contribution in [3.63, 3.8) is 0 Å². The van der Waals surface area contributed by atoms with Crippen LogP contribution < -0.4 is 0 Å². The molecule has 0 saturated heterocycles. The molecule has 0 atom stereocenters. The van der Waals surface area contributed by atoms with E-state index in [9.17, 15) is 8.42 Å². The Balaban J connectivity index is 2.21. The Labute approximate surface area is 152 Å². The summed E-state index contributed by atoms with van der Waals surface area (Å²) in [4.78, 5) is 8.32. The smallest absolute Gasteiger partial charge is 0.248 e. The van der Waals surface area contributed by atoms with E-state index in [-0.39, 0.29) is 17.7 Å². The molecule has 0 fully saturated rings. The largest absolute Gasteiger partial charge is 0.358 e. The van der Waals surface area contributed by atoms with Crippen molar-refractivity contribution >= 4 is 35.8 Å². The van der Waals surface area contributed by atoms with Crippen molar-refractivity contribution in [2.45, 2.75) is 11.9 Å². The van der Waals surface area contributed by atoms with Gasteiger partial charge in [0.25, 0.3) is 0 Å². The summed E-state index contributed by atoms with van der Waals surface area (Å²) in [6.07, 6.45) is 9.31. The van der Waals surface area contributed by atoms with Crippen LogP contribution in [0.2, 0.25) is 0 Å². The summed E-state index contributed by atoms with van der Waals surface area (Å²) in [5.41, 5.74) is 0.501. The van der Waals surface area contributed by atoms with Crippen molar-refractivity contribution in [2.24, 2.45) is 0 Å². The second kappa shape index (κ2) is 7.51. The molecule has 7 nitrogen and oxygen atoms in total. The van der Waals surface area contributed by atoms with Crippen LogP contribution in [0.15, 0.2) is 28.0 Å². The molecule has 134 valence electrons. The summed E-state index contributed by atoms with van der Waals surface area (Å²) in [7, 11) is -4.18. The van der Waals surface area contributed by atoms with Gasteiger partial charge < -0.3 is 4.74 Å². The van der Waals surface area contributed by atoms with Gasteiger partial charge in [-0.3, -0.25) is 4.98 Å². The van der Waals surface area contributed by atoms with Gasteiger partial charge in [0.1, 0.15) is 12.4 Å². The van der Waals surface area contributed by atoms with E-state index in [1.165, 1.54) is 4.68 Å². The molecule has 2 heterocycles. The van der Waals surface area contributed by atoms with Gasteiger partial charge in [-0.05, 0) is 46.8 Å². The van der Waals surface area contributed by atoms with E-state index in [4.69, 9.17) is 4.74 Å². The minimum Gasteiger partial charge on any atom is -0.358 e. The van der Waals surface area contributed by atoms with Crippen molar-refractivity contribution in [3.8, 4) is 11.5 Å². The number of halogens is 1. The van der Waals surface area contributed by atoms with Gasteiger partial charge >= 0.3 is 0 Å². The molecule has 2 aromatic rings. The predicted molar refractivity (Wildman–Crippen MR) is 100 cm³/mol. The number of sulfone groups is 1. The van der Waals surface area contributed by atoms with E-state index < -0.39 is 19.9 Å². The minimum absolute atomic E-state index is 0.0431. The predicted octanol–water partition coefficient (Wildman–Crippen LogP) is 2.17. The van der Waals surface area contributed by atoms with E-state index in [0.717, 1.165) is 16.5 Å². The standard InChI is InChI=1S/C14H21BrN4O3S2/c1-23(2,3)8-7-22-10-19-14(24(4,20)21)17-13(18-19)12-6-5-11(15)9-16-12/h5-6,9H,7-8,10H2,1-4H3. The molecule has 0 unspecified atom stereocenters. The van der Waals surface area contributed by atoms with E-state index >= 15 is 0 Å². The van der Waals surface area contributed by atoms with Crippen LogP contribution in [0.3, 0.4) is 0 Å². The highest BCUT2D eigenvalue weighted by atomic mass is 79.9. The molecule has 10 heteroatoms.